The number of carbonyl (C=O) groups is 1. The van der Waals surface area contributed by atoms with Crippen molar-refractivity contribution in [2.45, 2.75) is 283 Å². The summed E-state index contributed by atoms with van der Waals surface area (Å²) in [6, 6.07) is -0.659. The maximum atomic E-state index is 12.4. The lowest BCUT2D eigenvalue weighted by atomic mass is 10.0. The van der Waals surface area contributed by atoms with Crippen LogP contribution in [0.4, 0.5) is 0 Å². The summed E-state index contributed by atoms with van der Waals surface area (Å²) < 4.78 is 0. The van der Waals surface area contributed by atoms with Crippen molar-refractivity contribution in [3.05, 3.63) is 85.1 Å². The number of aliphatic hydroxyl groups excluding tert-OH is 2. The molecule has 0 radical (unpaired) electrons. The molecular weight excluding hydrogens is 783 g/mol. The van der Waals surface area contributed by atoms with E-state index in [0.29, 0.717) is 6.42 Å². The maximum absolute atomic E-state index is 12.4. The summed E-state index contributed by atoms with van der Waals surface area (Å²) in [6.45, 7) is 4.19. The Bertz CT molecular complexity index is 1150. The number of nitrogens with one attached hydrogen (secondary N) is 1. The van der Waals surface area contributed by atoms with E-state index < -0.39 is 12.1 Å². The number of aliphatic hydroxyl groups is 2. The van der Waals surface area contributed by atoms with E-state index >= 15 is 0 Å². The Morgan fingerprint density at radius 3 is 1.09 bits per heavy atom. The fourth-order valence-electron chi connectivity index (χ4n) is 8.14. The average molecular weight is 891 g/mol. The van der Waals surface area contributed by atoms with Gasteiger partial charge in [-0.1, -0.05) is 266 Å². The molecule has 2 atom stereocenters. The van der Waals surface area contributed by atoms with E-state index in [9.17, 15) is 15.0 Å². The Hall–Kier alpha value is -2.43. The van der Waals surface area contributed by atoms with Crippen LogP contribution in [-0.4, -0.2) is 34.9 Å². The van der Waals surface area contributed by atoms with Crippen LogP contribution in [0.5, 0.6) is 0 Å². The number of carbonyl (C=O) groups excluding carboxylic acids is 1. The molecule has 370 valence electrons. The molecule has 3 N–H and O–H groups in total. The van der Waals surface area contributed by atoms with Crippen molar-refractivity contribution in [2.24, 2.45) is 0 Å². The molecule has 0 rings (SSSR count). The Morgan fingerprint density at radius 2 is 0.703 bits per heavy atom. The van der Waals surface area contributed by atoms with Crippen LogP contribution in [0.1, 0.15) is 271 Å². The SMILES string of the molecule is CC/C=C\C/C=C\C/C=C\C/C=C\CCCCCCCCC(=O)NC(CO)C(O)/C=C/CC/C=C/CC/C=C/CCCCCCCCCCCCCCCCCCCCCCCCC. The number of hydrogen-bond donors (Lipinski definition) is 3. The Morgan fingerprint density at radius 1 is 0.391 bits per heavy atom. The van der Waals surface area contributed by atoms with E-state index in [2.05, 4.69) is 92.1 Å². The second kappa shape index (κ2) is 54.9. The lowest BCUT2D eigenvalue weighted by Gasteiger charge is -2.19. The molecule has 0 spiro atoms. The Balaban J connectivity index is 3.57. The highest BCUT2D eigenvalue weighted by molar-refractivity contribution is 5.76. The zero-order valence-electron chi connectivity index (χ0n) is 42.5. The fourth-order valence-corrected chi connectivity index (χ4v) is 8.14. The molecule has 0 aliphatic carbocycles. The van der Waals surface area contributed by atoms with Gasteiger partial charge in [-0.2, -0.15) is 0 Å². The molecule has 0 bridgehead atoms. The summed E-state index contributed by atoms with van der Waals surface area (Å²) in [5, 5.41) is 23.1. The van der Waals surface area contributed by atoms with Gasteiger partial charge in [0, 0.05) is 6.42 Å². The third-order valence-corrected chi connectivity index (χ3v) is 12.3. The summed E-state index contributed by atoms with van der Waals surface area (Å²) in [5.74, 6) is -0.0935. The highest BCUT2D eigenvalue weighted by atomic mass is 16.3. The zero-order chi connectivity index (χ0) is 46.3. The molecule has 1 amide bonds. The molecule has 4 heteroatoms. The van der Waals surface area contributed by atoms with Crippen LogP contribution in [0.2, 0.25) is 0 Å². The molecule has 0 aliphatic rings. The van der Waals surface area contributed by atoms with Crippen LogP contribution in [-0.2, 0) is 4.79 Å². The molecule has 4 nitrogen and oxygen atoms in total. The van der Waals surface area contributed by atoms with Gasteiger partial charge in [0.1, 0.15) is 0 Å². The van der Waals surface area contributed by atoms with Crippen LogP contribution in [0.25, 0.3) is 0 Å². The first-order valence-corrected chi connectivity index (χ1v) is 27.8. The van der Waals surface area contributed by atoms with Crippen LogP contribution in [0.15, 0.2) is 85.1 Å². The topological polar surface area (TPSA) is 69.6 Å². The second-order valence-electron chi connectivity index (χ2n) is 18.6. The van der Waals surface area contributed by atoms with Crippen molar-refractivity contribution in [1.29, 1.82) is 0 Å². The van der Waals surface area contributed by atoms with Crippen LogP contribution in [0, 0.1) is 0 Å². The average Bonchev–Trinajstić information content (AvgIpc) is 3.30. The summed E-state index contributed by atoms with van der Waals surface area (Å²) in [4.78, 5) is 12.4. The van der Waals surface area contributed by atoms with Gasteiger partial charge in [-0.15, -0.1) is 0 Å². The van der Waals surface area contributed by atoms with Gasteiger partial charge in [-0.25, -0.2) is 0 Å². The first kappa shape index (κ1) is 61.6. The molecule has 0 fully saturated rings. The van der Waals surface area contributed by atoms with E-state index in [1.165, 1.54) is 173 Å². The monoisotopic (exact) mass is 890 g/mol. The largest absolute Gasteiger partial charge is 0.394 e. The van der Waals surface area contributed by atoms with Gasteiger partial charge in [-0.05, 0) is 83.5 Å². The minimum Gasteiger partial charge on any atom is -0.394 e. The van der Waals surface area contributed by atoms with Gasteiger partial charge in [0.05, 0.1) is 18.8 Å². The van der Waals surface area contributed by atoms with Crippen LogP contribution in [0.3, 0.4) is 0 Å². The van der Waals surface area contributed by atoms with Gasteiger partial charge < -0.3 is 15.5 Å². The number of hydrogen-bond acceptors (Lipinski definition) is 3. The molecular formula is C60H107NO3. The van der Waals surface area contributed by atoms with Gasteiger partial charge in [-0.3, -0.25) is 4.79 Å². The minimum atomic E-state index is -0.883. The van der Waals surface area contributed by atoms with Crippen LogP contribution >= 0.6 is 0 Å². The first-order chi connectivity index (χ1) is 31.7. The molecule has 0 saturated carbocycles. The molecule has 0 heterocycles. The Labute approximate surface area is 399 Å². The van der Waals surface area contributed by atoms with Gasteiger partial charge in [0.25, 0.3) is 0 Å². The summed E-state index contributed by atoms with van der Waals surface area (Å²) in [6.07, 6.45) is 80.4. The molecule has 2 unspecified atom stereocenters. The maximum Gasteiger partial charge on any atom is 0.220 e. The van der Waals surface area contributed by atoms with Crippen LogP contribution < -0.4 is 5.32 Å². The third kappa shape index (κ3) is 50.6. The number of allylic oxidation sites excluding steroid dienone is 13. The smallest absolute Gasteiger partial charge is 0.220 e. The molecule has 0 aromatic rings. The minimum absolute atomic E-state index is 0.0935. The second-order valence-corrected chi connectivity index (χ2v) is 18.6. The number of rotatable bonds is 50. The zero-order valence-corrected chi connectivity index (χ0v) is 42.5. The molecule has 0 saturated heterocycles. The van der Waals surface area contributed by atoms with Gasteiger partial charge in [0.2, 0.25) is 5.91 Å². The Kier molecular flexibility index (Phi) is 52.8. The lowest BCUT2D eigenvalue weighted by molar-refractivity contribution is -0.123. The lowest BCUT2D eigenvalue weighted by Crippen LogP contribution is -2.45. The summed E-state index contributed by atoms with van der Waals surface area (Å²) in [7, 11) is 0. The normalized spacial score (nSPS) is 13.5. The predicted octanol–water partition coefficient (Wildman–Crippen LogP) is 18.4. The van der Waals surface area contributed by atoms with E-state index in [1.54, 1.807) is 6.08 Å². The standard InChI is InChI=1S/C60H107NO3/c1-3-5-7-9-11-13-15-17-19-21-23-24-25-26-27-28-29-30-31-32-33-34-35-36-38-39-41-43-45-47-49-51-53-55-59(63)58(57-62)61-60(64)56-54-52-50-48-46-44-42-40-37-22-20-18-16-14-12-10-8-6-4-2/h6,8,12,14,18,20,37-40,45,47,53,55,58-59,62-63H,3-5,7,9-11,13,15-17,19,21-36,41-44,46,48-52,54,56-57H2,1-2H3,(H,61,64)/b8-6-,14-12-,20-18-,39-38+,40-37-,47-45+,55-53+. The summed E-state index contributed by atoms with van der Waals surface area (Å²) >= 11 is 0. The van der Waals surface area contributed by atoms with Crippen molar-refractivity contribution in [3.63, 3.8) is 0 Å². The molecule has 0 aliphatic heterocycles. The molecule has 0 aromatic heterocycles. The summed E-state index contributed by atoms with van der Waals surface area (Å²) in [5.41, 5.74) is 0. The molecule has 64 heavy (non-hydrogen) atoms. The van der Waals surface area contributed by atoms with Gasteiger partial charge >= 0.3 is 0 Å². The molecule has 0 aromatic carbocycles. The fraction of sp³-hybridized carbons (Fsp3) is 0.750. The van der Waals surface area contributed by atoms with E-state index in [-0.39, 0.29) is 12.5 Å². The van der Waals surface area contributed by atoms with Gasteiger partial charge in [0.15, 0.2) is 0 Å². The number of unbranched alkanes of at least 4 members (excludes halogenated alkanes) is 31. The third-order valence-electron chi connectivity index (χ3n) is 12.3. The van der Waals surface area contributed by atoms with Crippen molar-refractivity contribution >= 4 is 5.91 Å². The van der Waals surface area contributed by atoms with E-state index in [0.717, 1.165) is 77.0 Å². The van der Waals surface area contributed by atoms with E-state index in [1.807, 2.05) is 6.08 Å². The predicted molar refractivity (Wildman–Crippen MR) is 285 cm³/mol. The van der Waals surface area contributed by atoms with Crippen molar-refractivity contribution in [2.75, 3.05) is 6.61 Å². The quantitative estimate of drug-likeness (QED) is 0.0421. The van der Waals surface area contributed by atoms with Crippen molar-refractivity contribution in [3.8, 4) is 0 Å². The van der Waals surface area contributed by atoms with Crippen molar-refractivity contribution in [1.82, 2.24) is 5.32 Å². The highest BCUT2D eigenvalue weighted by Gasteiger charge is 2.17. The first-order valence-electron chi connectivity index (χ1n) is 27.8. The highest BCUT2D eigenvalue weighted by Crippen LogP contribution is 2.16. The van der Waals surface area contributed by atoms with Crippen molar-refractivity contribution < 1.29 is 15.0 Å². The number of amides is 1. The van der Waals surface area contributed by atoms with E-state index in [4.69, 9.17) is 0 Å².